The van der Waals surface area contributed by atoms with Gasteiger partial charge in [-0.2, -0.15) is 0 Å². The highest BCUT2D eigenvalue weighted by Crippen LogP contribution is 2.34. The van der Waals surface area contributed by atoms with Gasteiger partial charge in [-0.05, 0) is 30.7 Å². The van der Waals surface area contributed by atoms with Crippen LogP contribution in [0.3, 0.4) is 0 Å². The van der Waals surface area contributed by atoms with Crippen LogP contribution in [0.5, 0.6) is 5.75 Å². The Labute approximate surface area is 223 Å². The lowest BCUT2D eigenvalue weighted by atomic mass is 9.98. The van der Waals surface area contributed by atoms with E-state index in [0.717, 1.165) is 22.8 Å². The summed E-state index contributed by atoms with van der Waals surface area (Å²) in [5, 5.41) is 9.84. The van der Waals surface area contributed by atoms with Crippen molar-refractivity contribution >= 4 is 36.8 Å². The number of hydrogen-bond acceptors (Lipinski definition) is 9. The molecular weight excluding hydrogens is 530 g/mol. The Morgan fingerprint density at radius 3 is 2.97 bits per heavy atom. The second kappa shape index (κ2) is 11.0. The zero-order valence-corrected chi connectivity index (χ0v) is 22.9. The van der Waals surface area contributed by atoms with Crippen molar-refractivity contribution in [3.63, 3.8) is 0 Å². The Morgan fingerprint density at radius 1 is 1.38 bits per heavy atom. The molecule has 3 aromatic heterocycles. The number of imidazole rings is 1. The van der Waals surface area contributed by atoms with E-state index in [2.05, 4.69) is 48.1 Å². The van der Waals surface area contributed by atoms with Gasteiger partial charge in [0.15, 0.2) is 0 Å². The van der Waals surface area contributed by atoms with Gasteiger partial charge in [0, 0.05) is 24.1 Å². The van der Waals surface area contributed by atoms with Gasteiger partial charge in [0.2, 0.25) is 0 Å². The van der Waals surface area contributed by atoms with Crippen LogP contribution in [0.4, 0.5) is 0 Å². The van der Waals surface area contributed by atoms with Crippen LogP contribution in [-0.2, 0) is 18.8 Å². The van der Waals surface area contributed by atoms with Gasteiger partial charge in [0.25, 0.3) is 5.89 Å². The number of allylic oxidation sites excluding steroid dienone is 4. The standard InChI is InChI=1S/C23H24N8O3P2S/c1-33-14-6-7-16(24-11-14)20-27-28-21(34-20)22(32)30-10-9-15-19(26-12-25-15)17(30)8-5-13-3-2-4-18(23(35)36)31(13)29-37/h2-7,11-12,17,23H,8-10,35-36H2,1H3,(H,25,26)/b13-5-/t17-/m0/s1. The zero-order valence-electron chi connectivity index (χ0n) is 19.8. The average molecular weight is 555 g/mol. The molecule has 14 heteroatoms. The molecule has 1 N–H and O–H groups in total. The largest absolute Gasteiger partial charge is 0.495 e. The Bertz CT molecular complexity index is 1400. The summed E-state index contributed by atoms with van der Waals surface area (Å²) in [5.74, 6) is 0.274. The molecule has 0 aliphatic carbocycles. The fourth-order valence-electron chi connectivity index (χ4n) is 4.27. The number of H-pyrrole nitrogens is 1. The van der Waals surface area contributed by atoms with Crippen molar-refractivity contribution in [2.45, 2.75) is 24.3 Å². The summed E-state index contributed by atoms with van der Waals surface area (Å²) in [6.07, 6.45) is 12.2. The molecule has 5 heterocycles. The quantitative estimate of drug-likeness (QED) is 0.438. The topological polar surface area (TPSA) is 126 Å². The molecule has 1 amide bonds. The molecule has 0 radical (unpaired) electrons. The van der Waals surface area contributed by atoms with Crippen LogP contribution in [0.1, 0.15) is 34.5 Å². The number of rotatable bonds is 7. The van der Waals surface area contributed by atoms with Gasteiger partial charge in [0.1, 0.15) is 11.4 Å². The number of aromatic nitrogens is 5. The monoisotopic (exact) mass is 554 g/mol. The third-order valence-corrected chi connectivity index (χ3v) is 6.95. The van der Waals surface area contributed by atoms with Crippen molar-refractivity contribution in [3.05, 3.63) is 77.6 Å². The van der Waals surface area contributed by atoms with E-state index < -0.39 is 0 Å². The third-order valence-electron chi connectivity index (χ3n) is 6.10. The van der Waals surface area contributed by atoms with Crippen LogP contribution in [0.2, 0.25) is 0 Å². The summed E-state index contributed by atoms with van der Waals surface area (Å²) in [6, 6.07) is 3.08. The van der Waals surface area contributed by atoms with Gasteiger partial charge >= 0.3 is 11.8 Å². The SMILES string of the molecule is COc1ccc(-c2nnc(C(=O)N3CCc4[nH]cnc4[C@@H]3C/C=C3/C=CC=C(C(P)P)N3N=S)o2)nc1. The van der Waals surface area contributed by atoms with Crippen molar-refractivity contribution in [2.75, 3.05) is 13.7 Å². The average Bonchev–Trinajstić information content (AvgIpc) is 3.61. The molecule has 2 aliphatic rings. The number of nitrogens with zero attached hydrogens (tertiary/aromatic N) is 7. The van der Waals surface area contributed by atoms with Crippen LogP contribution >= 0.6 is 18.5 Å². The number of carbonyl (C=O) groups is 1. The van der Waals surface area contributed by atoms with E-state index in [9.17, 15) is 4.79 Å². The van der Waals surface area contributed by atoms with Crippen molar-refractivity contribution in [1.82, 2.24) is 35.1 Å². The van der Waals surface area contributed by atoms with E-state index in [4.69, 9.17) is 21.6 Å². The molecule has 2 aliphatic heterocycles. The lowest BCUT2D eigenvalue weighted by molar-refractivity contribution is 0.0616. The normalized spacial score (nSPS) is 18.2. The molecule has 3 atom stereocenters. The second-order valence-corrected chi connectivity index (χ2v) is 10.6. The number of ether oxygens (including phenoxy) is 1. The second-order valence-electron chi connectivity index (χ2n) is 8.26. The van der Waals surface area contributed by atoms with E-state index in [1.54, 1.807) is 41.7 Å². The molecule has 0 bridgehead atoms. The summed E-state index contributed by atoms with van der Waals surface area (Å²) in [5.41, 5.74) is 4.01. The minimum Gasteiger partial charge on any atom is -0.495 e. The summed E-state index contributed by atoms with van der Waals surface area (Å²) in [4.78, 5) is 27.2. The van der Waals surface area contributed by atoms with E-state index in [1.807, 2.05) is 24.3 Å². The van der Waals surface area contributed by atoms with Gasteiger partial charge < -0.3 is 19.0 Å². The van der Waals surface area contributed by atoms with E-state index in [-0.39, 0.29) is 29.1 Å². The molecule has 0 spiro atoms. The molecule has 190 valence electrons. The smallest absolute Gasteiger partial charge is 0.312 e. The van der Waals surface area contributed by atoms with Gasteiger partial charge in [-0.1, -0.05) is 16.6 Å². The number of carbonyl (C=O) groups excluding carboxylic acids is 1. The fraction of sp³-hybridized carbons (Fsp3) is 0.261. The summed E-state index contributed by atoms with van der Waals surface area (Å²) in [7, 11) is 7.00. The molecule has 2 unspecified atom stereocenters. The minimum atomic E-state index is -0.371. The molecule has 0 fully saturated rings. The van der Waals surface area contributed by atoms with Crippen LogP contribution in [0, 0.1) is 0 Å². The zero-order chi connectivity index (χ0) is 25.9. The summed E-state index contributed by atoms with van der Waals surface area (Å²) < 4.78 is 14.9. The van der Waals surface area contributed by atoms with E-state index in [1.165, 1.54) is 0 Å². The van der Waals surface area contributed by atoms with Gasteiger partial charge in [0.05, 0.1) is 55.2 Å². The van der Waals surface area contributed by atoms with Crippen LogP contribution < -0.4 is 4.74 Å². The van der Waals surface area contributed by atoms with Crippen LogP contribution in [0.15, 0.2) is 69.2 Å². The molecule has 0 aromatic carbocycles. The van der Waals surface area contributed by atoms with Gasteiger partial charge in [-0.25, -0.2) is 15.0 Å². The first kappa shape index (κ1) is 25.3. The Balaban J connectivity index is 1.41. The Hall–Kier alpha value is -3.33. The molecule has 3 aromatic rings. The number of methoxy groups -OCH3 is 1. The lowest BCUT2D eigenvalue weighted by Crippen LogP contribution is -2.40. The predicted molar refractivity (Wildman–Crippen MR) is 145 cm³/mol. The number of aromatic amines is 1. The number of fused-ring (bicyclic) bond motifs is 1. The van der Waals surface area contributed by atoms with Gasteiger partial charge in [-0.15, -0.1) is 28.7 Å². The molecule has 5 rings (SSSR count). The van der Waals surface area contributed by atoms with Crippen molar-refractivity contribution < 1.29 is 13.9 Å². The minimum absolute atomic E-state index is 0.0812. The number of hydrogen-bond donors (Lipinski definition) is 1. The maximum atomic E-state index is 13.6. The highest BCUT2D eigenvalue weighted by atomic mass is 32.1. The van der Waals surface area contributed by atoms with Gasteiger partial charge in [-0.3, -0.25) is 4.79 Å². The first-order valence-electron chi connectivity index (χ1n) is 11.4. The number of nitrogens with one attached hydrogen (secondary N) is 1. The number of amides is 1. The summed E-state index contributed by atoms with van der Waals surface area (Å²) in [6.45, 7) is 0.468. The fourth-order valence-corrected chi connectivity index (χ4v) is 4.96. The predicted octanol–water partition coefficient (Wildman–Crippen LogP) is 3.35. The maximum absolute atomic E-state index is 13.6. The van der Waals surface area contributed by atoms with Crippen LogP contribution in [-0.4, -0.2) is 60.0 Å². The number of pyridine rings is 1. The van der Waals surface area contributed by atoms with Crippen molar-refractivity contribution in [2.24, 2.45) is 4.47 Å². The maximum Gasteiger partial charge on any atom is 0.312 e. The molecule has 11 nitrogen and oxygen atoms in total. The third kappa shape index (κ3) is 5.09. The highest BCUT2D eigenvalue weighted by molar-refractivity contribution is 7.47. The summed E-state index contributed by atoms with van der Waals surface area (Å²) >= 11 is 5.05. The molecule has 37 heavy (non-hydrogen) atoms. The van der Waals surface area contributed by atoms with Crippen molar-refractivity contribution in [1.29, 1.82) is 0 Å². The van der Waals surface area contributed by atoms with Crippen LogP contribution in [0.25, 0.3) is 11.6 Å². The van der Waals surface area contributed by atoms with Crippen molar-refractivity contribution in [3.8, 4) is 17.3 Å². The first-order valence-corrected chi connectivity index (χ1v) is 13.1. The molecule has 0 saturated heterocycles. The van der Waals surface area contributed by atoms with E-state index >= 15 is 0 Å². The lowest BCUT2D eigenvalue weighted by Gasteiger charge is -2.34. The highest BCUT2D eigenvalue weighted by Gasteiger charge is 2.35. The molecular formula is C23H24N8O3P2S. The first-order chi connectivity index (χ1) is 18.0. The van der Waals surface area contributed by atoms with E-state index in [0.29, 0.717) is 30.8 Å². The molecule has 0 saturated carbocycles. The Morgan fingerprint density at radius 2 is 2.24 bits per heavy atom. The Kier molecular flexibility index (Phi) is 7.50.